The molecule has 2 aromatic carbocycles. The van der Waals surface area contributed by atoms with E-state index in [0.29, 0.717) is 11.4 Å². The Bertz CT molecular complexity index is 541. The van der Waals surface area contributed by atoms with Crippen LogP contribution in [0.1, 0.15) is 12.0 Å². The van der Waals surface area contributed by atoms with Crippen LogP contribution in [0.4, 0.5) is 19.3 Å². The van der Waals surface area contributed by atoms with Crippen LogP contribution in [0.3, 0.4) is 0 Å². The van der Waals surface area contributed by atoms with Crippen LogP contribution in [-0.2, 0) is 0 Å². The van der Waals surface area contributed by atoms with Gasteiger partial charge >= 0.3 is 6.09 Å². The minimum absolute atomic E-state index is 0.0954. The lowest BCUT2D eigenvalue weighted by molar-refractivity contribution is 0.151. The molecule has 19 heavy (non-hydrogen) atoms. The third kappa shape index (κ3) is 3.77. The molecule has 0 aliphatic carbocycles. The number of hydrogen-bond donors (Lipinski definition) is 1. The Morgan fingerprint density at radius 2 is 1.63 bits per heavy atom. The summed E-state index contributed by atoms with van der Waals surface area (Å²) in [6, 6.07) is 13.8. The fraction of sp³-hybridized carbons (Fsp3) is 0.0714. The van der Waals surface area contributed by atoms with E-state index in [2.05, 4.69) is 5.32 Å². The summed E-state index contributed by atoms with van der Waals surface area (Å²) in [4.78, 5) is 11.5. The van der Waals surface area contributed by atoms with Gasteiger partial charge in [0, 0.05) is 11.3 Å². The minimum atomic E-state index is -2.52. The molecule has 1 N–H and O–H groups in total. The van der Waals surface area contributed by atoms with Crippen LogP contribution in [0.2, 0.25) is 0 Å². The summed E-state index contributed by atoms with van der Waals surface area (Å²) in [7, 11) is 0. The molecule has 98 valence electrons. The van der Waals surface area contributed by atoms with Crippen molar-refractivity contribution in [1.82, 2.24) is 0 Å². The maximum atomic E-state index is 12.3. The lowest BCUT2D eigenvalue weighted by Gasteiger charge is -2.07. The number of carbonyl (C=O) groups excluding carboxylic acids is 1. The number of amides is 1. The quantitative estimate of drug-likeness (QED) is 0.899. The van der Waals surface area contributed by atoms with E-state index < -0.39 is 12.5 Å². The summed E-state index contributed by atoms with van der Waals surface area (Å²) >= 11 is 0. The highest BCUT2D eigenvalue weighted by Crippen LogP contribution is 2.20. The van der Waals surface area contributed by atoms with E-state index in [-0.39, 0.29) is 5.56 Å². The van der Waals surface area contributed by atoms with Crippen LogP contribution in [0.5, 0.6) is 5.75 Å². The maximum Gasteiger partial charge on any atom is 0.417 e. The molecule has 5 heteroatoms. The number of hydrogen-bond acceptors (Lipinski definition) is 2. The van der Waals surface area contributed by atoms with Gasteiger partial charge in [0.05, 0.1) is 0 Å². The monoisotopic (exact) mass is 263 g/mol. The molecule has 0 fully saturated rings. The number of carbonyl (C=O) groups is 1. The topological polar surface area (TPSA) is 38.3 Å². The number of alkyl halides is 2. The summed E-state index contributed by atoms with van der Waals surface area (Å²) in [5.74, 6) is 0.407. The second-order valence-corrected chi connectivity index (χ2v) is 3.75. The first-order chi connectivity index (χ1) is 9.15. The third-order valence-electron chi connectivity index (χ3n) is 2.36. The normalized spacial score (nSPS) is 10.3. The molecule has 0 bridgehead atoms. The first kappa shape index (κ1) is 13.0. The molecule has 0 aliphatic heterocycles. The van der Waals surface area contributed by atoms with Gasteiger partial charge in [-0.2, -0.15) is 0 Å². The zero-order valence-corrected chi connectivity index (χ0v) is 9.85. The van der Waals surface area contributed by atoms with Crippen molar-refractivity contribution in [2.45, 2.75) is 6.43 Å². The molecule has 0 atom stereocenters. The highest BCUT2D eigenvalue weighted by Gasteiger charge is 2.08. The van der Waals surface area contributed by atoms with Gasteiger partial charge in [-0.1, -0.05) is 30.3 Å². The van der Waals surface area contributed by atoms with Crippen LogP contribution >= 0.6 is 0 Å². The van der Waals surface area contributed by atoms with Gasteiger partial charge in [-0.3, -0.25) is 5.32 Å². The SMILES string of the molecule is O=C(Nc1ccc(C(F)F)cc1)Oc1ccccc1. The van der Waals surface area contributed by atoms with Gasteiger partial charge in [0.15, 0.2) is 0 Å². The highest BCUT2D eigenvalue weighted by atomic mass is 19.3. The summed E-state index contributed by atoms with van der Waals surface area (Å²) in [6.45, 7) is 0. The molecule has 2 rings (SSSR count). The predicted molar refractivity (Wildman–Crippen MR) is 67.5 cm³/mol. The minimum Gasteiger partial charge on any atom is -0.410 e. The van der Waals surface area contributed by atoms with Crippen molar-refractivity contribution in [2.75, 3.05) is 5.32 Å². The largest absolute Gasteiger partial charge is 0.417 e. The molecule has 0 unspecified atom stereocenters. The van der Waals surface area contributed by atoms with Crippen molar-refractivity contribution in [3.05, 3.63) is 60.2 Å². The third-order valence-corrected chi connectivity index (χ3v) is 2.36. The number of rotatable bonds is 3. The molecule has 0 saturated carbocycles. The Labute approximate surface area is 108 Å². The van der Waals surface area contributed by atoms with E-state index in [1.807, 2.05) is 0 Å². The number of anilines is 1. The molecule has 3 nitrogen and oxygen atoms in total. The van der Waals surface area contributed by atoms with Crippen LogP contribution in [0.15, 0.2) is 54.6 Å². The number of para-hydroxylation sites is 1. The Hall–Kier alpha value is -2.43. The number of halogens is 2. The van der Waals surface area contributed by atoms with Crippen molar-refractivity contribution < 1.29 is 18.3 Å². The molecule has 0 saturated heterocycles. The zero-order chi connectivity index (χ0) is 13.7. The van der Waals surface area contributed by atoms with E-state index in [1.165, 1.54) is 24.3 Å². The molecule has 2 aromatic rings. The average Bonchev–Trinajstić information content (AvgIpc) is 2.40. The molecule has 0 radical (unpaired) electrons. The van der Waals surface area contributed by atoms with Gasteiger partial charge in [0.2, 0.25) is 0 Å². The first-order valence-electron chi connectivity index (χ1n) is 5.57. The van der Waals surface area contributed by atoms with Gasteiger partial charge in [0.1, 0.15) is 5.75 Å². The molecule has 0 aliphatic rings. The Morgan fingerprint density at radius 3 is 2.21 bits per heavy atom. The fourth-order valence-electron chi connectivity index (χ4n) is 1.45. The zero-order valence-electron chi connectivity index (χ0n) is 9.85. The van der Waals surface area contributed by atoms with E-state index in [9.17, 15) is 13.6 Å². The second kappa shape index (κ2) is 5.95. The Kier molecular flexibility index (Phi) is 4.07. The van der Waals surface area contributed by atoms with Crippen molar-refractivity contribution in [3.63, 3.8) is 0 Å². The van der Waals surface area contributed by atoms with Crippen molar-refractivity contribution >= 4 is 11.8 Å². The lowest BCUT2D eigenvalue weighted by atomic mass is 10.2. The standard InChI is InChI=1S/C14H11F2NO2/c15-13(16)10-6-8-11(9-7-10)17-14(18)19-12-4-2-1-3-5-12/h1-9,13H,(H,17,18). The molecular weight excluding hydrogens is 252 g/mol. The molecule has 0 aromatic heterocycles. The smallest absolute Gasteiger partial charge is 0.410 e. The number of ether oxygens (including phenoxy) is 1. The second-order valence-electron chi connectivity index (χ2n) is 3.75. The summed E-state index contributed by atoms with van der Waals surface area (Å²) in [5, 5.41) is 2.45. The summed E-state index contributed by atoms with van der Waals surface area (Å²) in [6.07, 6.45) is -3.19. The average molecular weight is 263 g/mol. The lowest BCUT2D eigenvalue weighted by Crippen LogP contribution is -2.16. The maximum absolute atomic E-state index is 12.3. The van der Waals surface area contributed by atoms with Gasteiger partial charge in [0.25, 0.3) is 6.43 Å². The van der Waals surface area contributed by atoms with Gasteiger partial charge < -0.3 is 4.74 Å². The van der Waals surface area contributed by atoms with E-state index in [1.54, 1.807) is 30.3 Å². The Balaban J connectivity index is 1.95. The van der Waals surface area contributed by atoms with Crippen molar-refractivity contribution in [2.24, 2.45) is 0 Å². The van der Waals surface area contributed by atoms with Crippen LogP contribution in [0, 0.1) is 0 Å². The predicted octanol–water partition coefficient (Wildman–Crippen LogP) is 4.24. The summed E-state index contributed by atoms with van der Waals surface area (Å²) < 4.78 is 29.7. The fourth-order valence-corrected chi connectivity index (χ4v) is 1.45. The van der Waals surface area contributed by atoms with E-state index in [4.69, 9.17) is 4.74 Å². The molecule has 0 heterocycles. The Morgan fingerprint density at radius 1 is 1.00 bits per heavy atom. The van der Waals surface area contributed by atoms with E-state index >= 15 is 0 Å². The van der Waals surface area contributed by atoms with Gasteiger partial charge in [-0.15, -0.1) is 0 Å². The van der Waals surface area contributed by atoms with Gasteiger partial charge in [-0.25, -0.2) is 13.6 Å². The van der Waals surface area contributed by atoms with E-state index in [0.717, 1.165) is 0 Å². The first-order valence-corrected chi connectivity index (χ1v) is 5.57. The van der Waals surface area contributed by atoms with Crippen LogP contribution in [0.25, 0.3) is 0 Å². The summed E-state index contributed by atoms with van der Waals surface area (Å²) in [5.41, 5.74) is 0.298. The molecular formula is C14H11F2NO2. The van der Waals surface area contributed by atoms with Crippen LogP contribution in [-0.4, -0.2) is 6.09 Å². The van der Waals surface area contributed by atoms with Crippen molar-refractivity contribution in [1.29, 1.82) is 0 Å². The van der Waals surface area contributed by atoms with Gasteiger partial charge in [-0.05, 0) is 24.3 Å². The molecule has 1 amide bonds. The molecule has 0 spiro atoms. The van der Waals surface area contributed by atoms with Crippen LogP contribution < -0.4 is 10.1 Å². The number of benzene rings is 2. The number of nitrogens with one attached hydrogen (secondary N) is 1. The van der Waals surface area contributed by atoms with Crippen molar-refractivity contribution in [3.8, 4) is 5.75 Å². The highest BCUT2D eigenvalue weighted by molar-refractivity contribution is 5.86.